The SMILES string of the molecule is CNC(=O)CCCN1CCCC(CNC(C)C)C1. The average molecular weight is 255 g/mol. The van der Waals surface area contributed by atoms with Crippen LogP contribution in [0.4, 0.5) is 0 Å². The molecule has 4 nitrogen and oxygen atoms in total. The minimum absolute atomic E-state index is 0.157. The molecule has 1 atom stereocenters. The summed E-state index contributed by atoms with van der Waals surface area (Å²) in [7, 11) is 1.71. The molecule has 1 saturated heterocycles. The van der Waals surface area contributed by atoms with Crippen molar-refractivity contribution in [1.82, 2.24) is 15.5 Å². The Hall–Kier alpha value is -0.610. The third kappa shape index (κ3) is 6.36. The number of likely N-dealkylation sites (tertiary alicyclic amines) is 1. The molecule has 1 amide bonds. The van der Waals surface area contributed by atoms with Crippen LogP contribution < -0.4 is 10.6 Å². The van der Waals surface area contributed by atoms with Crippen LogP contribution in [0.3, 0.4) is 0 Å². The van der Waals surface area contributed by atoms with Gasteiger partial charge in [0.05, 0.1) is 0 Å². The summed E-state index contributed by atoms with van der Waals surface area (Å²) in [5.41, 5.74) is 0. The topological polar surface area (TPSA) is 44.4 Å². The van der Waals surface area contributed by atoms with Gasteiger partial charge in [-0.3, -0.25) is 4.79 Å². The molecule has 1 heterocycles. The molecule has 0 aromatic carbocycles. The van der Waals surface area contributed by atoms with Crippen molar-refractivity contribution in [1.29, 1.82) is 0 Å². The Balaban J connectivity index is 2.16. The highest BCUT2D eigenvalue weighted by Gasteiger charge is 2.19. The number of rotatable bonds is 7. The van der Waals surface area contributed by atoms with Crippen LogP contribution >= 0.6 is 0 Å². The second kappa shape index (κ2) is 8.48. The summed E-state index contributed by atoms with van der Waals surface area (Å²) in [6.45, 7) is 8.97. The fourth-order valence-corrected chi connectivity index (χ4v) is 2.51. The molecule has 0 saturated carbocycles. The molecule has 0 spiro atoms. The number of nitrogens with zero attached hydrogens (tertiary/aromatic N) is 1. The van der Waals surface area contributed by atoms with E-state index in [1.807, 2.05) is 0 Å². The van der Waals surface area contributed by atoms with Gasteiger partial charge in [0.15, 0.2) is 0 Å². The Morgan fingerprint density at radius 3 is 2.89 bits per heavy atom. The first-order chi connectivity index (χ1) is 8.61. The number of piperidine rings is 1. The van der Waals surface area contributed by atoms with Crippen LogP contribution in [-0.4, -0.2) is 50.1 Å². The zero-order valence-corrected chi connectivity index (χ0v) is 12.2. The summed E-state index contributed by atoms with van der Waals surface area (Å²) in [6, 6.07) is 0.577. The van der Waals surface area contributed by atoms with Crippen molar-refractivity contribution in [3.63, 3.8) is 0 Å². The predicted octanol–water partition coefficient (Wildman–Crippen LogP) is 1.22. The molecule has 18 heavy (non-hydrogen) atoms. The molecule has 1 aliphatic heterocycles. The minimum Gasteiger partial charge on any atom is -0.359 e. The van der Waals surface area contributed by atoms with Crippen LogP contribution in [0.25, 0.3) is 0 Å². The molecule has 4 heteroatoms. The van der Waals surface area contributed by atoms with E-state index < -0.39 is 0 Å². The van der Waals surface area contributed by atoms with Crippen LogP contribution in [0.5, 0.6) is 0 Å². The lowest BCUT2D eigenvalue weighted by atomic mass is 9.97. The van der Waals surface area contributed by atoms with Crippen molar-refractivity contribution < 1.29 is 4.79 Å². The molecule has 106 valence electrons. The van der Waals surface area contributed by atoms with Crippen LogP contribution in [-0.2, 0) is 4.79 Å². The first kappa shape index (κ1) is 15.4. The van der Waals surface area contributed by atoms with Gasteiger partial charge in [0.1, 0.15) is 0 Å². The predicted molar refractivity (Wildman–Crippen MR) is 75.6 cm³/mol. The van der Waals surface area contributed by atoms with E-state index in [1.54, 1.807) is 7.05 Å². The Kier molecular flexibility index (Phi) is 7.28. The summed E-state index contributed by atoms with van der Waals surface area (Å²) in [4.78, 5) is 13.7. The highest BCUT2D eigenvalue weighted by atomic mass is 16.1. The highest BCUT2D eigenvalue weighted by Crippen LogP contribution is 2.16. The number of hydrogen-bond acceptors (Lipinski definition) is 3. The van der Waals surface area contributed by atoms with Gasteiger partial charge < -0.3 is 15.5 Å². The maximum absolute atomic E-state index is 11.2. The maximum atomic E-state index is 11.2. The number of carbonyl (C=O) groups is 1. The zero-order valence-electron chi connectivity index (χ0n) is 12.2. The minimum atomic E-state index is 0.157. The van der Waals surface area contributed by atoms with E-state index >= 15 is 0 Å². The number of nitrogens with one attached hydrogen (secondary N) is 2. The lowest BCUT2D eigenvalue weighted by Gasteiger charge is -2.33. The fraction of sp³-hybridized carbons (Fsp3) is 0.929. The lowest BCUT2D eigenvalue weighted by Crippen LogP contribution is -2.41. The van der Waals surface area contributed by atoms with Crippen LogP contribution in [0.1, 0.15) is 39.5 Å². The maximum Gasteiger partial charge on any atom is 0.219 e. The summed E-state index contributed by atoms with van der Waals surface area (Å²) >= 11 is 0. The molecular formula is C14H29N3O. The van der Waals surface area contributed by atoms with Crippen molar-refractivity contribution in [2.45, 2.75) is 45.6 Å². The Labute approximate surface area is 111 Å². The molecule has 1 aliphatic rings. The average Bonchev–Trinajstić information content (AvgIpc) is 2.36. The molecule has 1 fully saturated rings. The molecule has 1 rings (SSSR count). The third-order valence-corrected chi connectivity index (χ3v) is 3.57. The van der Waals surface area contributed by atoms with E-state index in [-0.39, 0.29) is 5.91 Å². The number of carbonyl (C=O) groups excluding carboxylic acids is 1. The third-order valence-electron chi connectivity index (χ3n) is 3.57. The van der Waals surface area contributed by atoms with Crippen molar-refractivity contribution in [3.8, 4) is 0 Å². The summed E-state index contributed by atoms with van der Waals surface area (Å²) < 4.78 is 0. The zero-order chi connectivity index (χ0) is 13.4. The first-order valence-corrected chi connectivity index (χ1v) is 7.28. The van der Waals surface area contributed by atoms with E-state index in [1.165, 1.54) is 25.9 Å². The molecule has 0 bridgehead atoms. The molecule has 0 aliphatic carbocycles. The van der Waals surface area contributed by atoms with Crippen molar-refractivity contribution in [3.05, 3.63) is 0 Å². The van der Waals surface area contributed by atoms with E-state index in [0.29, 0.717) is 12.5 Å². The normalized spacial score (nSPS) is 21.2. The lowest BCUT2D eigenvalue weighted by molar-refractivity contribution is -0.120. The van der Waals surface area contributed by atoms with E-state index in [9.17, 15) is 4.79 Å². The molecule has 1 unspecified atom stereocenters. The van der Waals surface area contributed by atoms with Gasteiger partial charge in [-0.05, 0) is 44.8 Å². The van der Waals surface area contributed by atoms with Crippen LogP contribution in [0, 0.1) is 5.92 Å². The molecule has 0 aromatic heterocycles. The summed E-state index contributed by atoms with van der Waals surface area (Å²) in [6.07, 6.45) is 4.27. The highest BCUT2D eigenvalue weighted by molar-refractivity contribution is 5.75. The van der Waals surface area contributed by atoms with Crippen LogP contribution in [0.2, 0.25) is 0 Å². The van der Waals surface area contributed by atoms with Gasteiger partial charge >= 0.3 is 0 Å². The van der Waals surface area contributed by atoms with E-state index in [2.05, 4.69) is 29.4 Å². The molecule has 2 N–H and O–H groups in total. The van der Waals surface area contributed by atoms with E-state index in [4.69, 9.17) is 0 Å². The Bertz CT molecular complexity index is 243. The monoisotopic (exact) mass is 255 g/mol. The van der Waals surface area contributed by atoms with Crippen molar-refractivity contribution in [2.75, 3.05) is 33.2 Å². The first-order valence-electron chi connectivity index (χ1n) is 7.28. The van der Waals surface area contributed by atoms with Gasteiger partial charge in [-0.25, -0.2) is 0 Å². The Morgan fingerprint density at radius 1 is 1.44 bits per heavy atom. The molecule has 0 radical (unpaired) electrons. The summed E-state index contributed by atoms with van der Waals surface area (Å²) in [5, 5.41) is 6.21. The quantitative estimate of drug-likeness (QED) is 0.719. The van der Waals surface area contributed by atoms with Gasteiger partial charge in [-0.2, -0.15) is 0 Å². The molecule has 0 aromatic rings. The van der Waals surface area contributed by atoms with E-state index in [0.717, 1.165) is 25.4 Å². The number of amides is 1. The van der Waals surface area contributed by atoms with Crippen LogP contribution in [0.15, 0.2) is 0 Å². The van der Waals surface area contributed by atoms with Gasteiger partial charge in [0.2, 0.25) is 5.91 Å². The summed E-state index contributed by atoms with van der Waals surface area (Å²) in [5.74, 6) is 0.936. The van der Waals surface area contributed by atoms with Gasteiger partial charge in [-0.1, -0.05) is 13.8 Å². The number of hydrogen-bond donors (Lipinski definition) is 2. The van der Waals surface area contributed by atoms with Gasteiger partial charge in [-0.15, -0.1) is 0 Å². The largest absolute Gasteiger partial charge is 0.359 e. The molecular weight excluding hydrogens is 226 g/mol. The Morgan fingerprint density at radius 2 is 2.22 bits per heavy atom. The standard InChI is InChI=1S/C14H29N3O/c1-12(2)16-10-13-6-4-8-17(11-13)9-5-7-14(18)15-3/h12-13,16H,4-11H2,1-3H3,(H,15,18). The van der Waals surface area contributed by atoms with Gasteiger partial charge in [0, 0.05) is 26.1 Å². The van der Waals surface area contributed by atoms with Crippen molar-refractivity contribution >= 4 is 5.91 Å². The van der Waals surface area contributed by atoms with Gasteiger partial charge in [0.25, 0.3) is 0 Å². The smallest absolute Gasteiger partial charge is 0.219 e. The van der Waals surface area contributed by atoms with Crippen molar-refractivity contribution in [2.24, 2.45) is 5.92 Å². The fourth-order valence-electron chi connectivity index (χ4n) is 2.51. The second-order valence-corrected chi connectivity index (χ2v) is 5.65. The second-order valence-electron chi connectivity index (χ2n) is 5.65.